The van der Waals surface area contributed by atoms with E-state index in [-0.39, 0.29) is 32.3 Å². The summed E-state index contributed by atoms with van der Waals surface area (Å²) in [5.41, 5.74) is 5.41. The molecule has 0 aromatic heterocycles. The molecule has 0 rings (SSSR count). The standard InChI is InChI=1S/C58H118NO7P/c1-3-5-7-9-11-13-15-17-19-21-23-25-27-29-31-33-35-37-39-41-43-45-47-49-51-58(60)66-57(56-65-67(61,62)64-54-52-59)55-63-53-50-48-46-44-42-40-38-36-34-32-30-28-26-24-22-20-18-16-14-12-10-8-6-4-2/h57H,3-56,59H2,1-2H3,(H,61,62). The van der Waals surface area contributed by atoms with Crippen molar-refractivity contribution in [3.05, 3.63) is 0 Å². The molecular formula is C58H118NO7P. The van der Waals surface area contributed by atoms with Gasteiger partial charge in [0.05, 0.1) is 19.8 Å². The first kappa shape index (κ1) is 66.5. The molecule has 2 atom stereocenters. The largest absolute Gasteiger partial charge is 0.472 e. The van der Waals surface area contributed by atoms with Crippen LogP contribution in [-0.4, -0.2) is 49.9 Å². The molecule has 0 amide bonds. The highest BCUT2D eigenvalue weighted by Crippen LogP contribution is 2.43. The molecule has 0 fully saturated rings. The van der Waals surface area contributed by atoms with Crippen molar-refractivity contribution in [3.63, 3.8) is 0 Å². The van der Waals surface area contributed by atoms with E-state index in [1.807, 2.05) is 0 Å². The van der Waals surface area contributed by atoms with Crippen LogP contribution in [0.15, 0.2) is 0 Å². The maximum absolute atomic E-state index is 12.7. The fourth-order valence-corrected chi connectivity index (χ4v) is 10.1. The monoisotopic (exact) mass is 972 g/mol. The van der Waals surface area contributed by atoms with Gasteiger partial charge in [0, 0.05) is 19.6 Å². The molecule has 9 heteroatoms. The minimum atomic E-state index is -4.28. The van der Waals surface area contributed by atoms with Crippen LogP contribution in [0, 0.1) is 0 Å². The molecule has 3 N–H and O–H groups in total. The number of rotatable bonds is 59. The van der Waals surface area contributed by atoms with Crippen molar-refractivity contribution in [2.75, 3.05) is 33.0 Å². The summed E-state index contributed by atoms with van der Waals surface area (Å²) in [4.78, 5) is 22.7. The zero-order valence-electron chi connectivity index (χ0n) is 45.2. The fraction of sp³-hybridized carbons (Fsp3) is 0.983. The van der Waals surface area contributed by atoms with Gasteiger partial charge < -0.3 is 20.1 Å². The number of carbonyl (C=O) groups is 1. The van der Waals surface area contributed by atoms with Crippen LogP contribution in [0.1, 0.15) is 328 Å². The predicted octanol–water partition coefficient (Wildman–Crippen LogP) is 19.2. The SMILES string of the molecule is CCCCCCCCCCCCCCCCCCCCCCCCCCOCC(COP(=O)(O)OCCN)OC(=O)CCCCCCCCCCCCCCCCCCCCCCCCCC. The average molecular weight is 973 g/mol. The van der Waals surface area contributed by atoms with Gasteiger partial charge >= 0.3 is 13.8 Å². The topological polar surface area (TPSA) is 117 Å². The van der Waals surface area contributed by atoms with Crippen molar-refractivity contribution in [2.24, 2.45) is 5.73 Å². The Morgan fingerprint density at radius 2 is 0.657 bits per heavy atom. The van der Waals surface area contributed by atoms with Gasteiger partial charge in [-0.05, 0) is 12.8 Å². The van der Waals surface area contributed by atoms with E-state index in [1.54, 1.807) is 0 Å². The number of hydrogen-bond donors (Lipinski definition) is 2. The Morgan fingerprint density at radius 1 is 0.388 bits per heavy atom. The number of phosphoric acid groups is 1. The fourth-order valence-electron chi connectivity index (χ4n) is 9.36. The zero-order chi connectivity index (χ0) is 48.7. The second kappa shape index (κ2) is 56.4. The minimum absolute atomic E-state index is 0.0894. The molecule has 0 aromatic carbocycles. The summed E-state index contributed by atoms with van der Waals surface area (Å²) in [5.74, 6) is -0.318. The quantitative estimate of drug-likeness (QED) is 0.0352. The van der Waals surface area contributed by atoms with Crippen LogP contribution < -0.4 is 5.73 Å². The van der Waals surface area contributed by atoms with E-state index >= 15 is 0 Å². The Morgan fingerprint density at radius 3 is 0.940 bits per heavy atom. The Kier molecular flexibility index (Phi) is 56.0. The molecule has 67 heavy (non-hydrogen) atoms. The number of nitrogens with two attached hydrogens (primary N) is 1. The van der Waals surface area contributed by atoms with Crippen LogP contribution >= 0.6 is 7.82 Å². The van der Waals surface area contributed by atoms with E-state index < -0.39 is 13.9 Å². The molecule has 0 saturated carbocycles. The zero-order valence-corrected chi connectivity index (χ0v) is 46.1. The Bertz CT molecular complexity index is 1000. The van der Waals surface area contributed by atoms with Crippen LogP contribution in [0.3, 0.4) is 0 Å². The highest BCUT2D eigenvalue weighted by Gasteiger charge is 2.25. The number of unbranched alkanes of at least 4 members (excludes halogenated alkanes) is 46. The molecule has 402 valence electrons. The number of carbonyl (C=O) groups excluding carboxylic acids is 1. The first-order valence-electron chi connectivity index (χ1n) is 30.0. The van der Waals surface area contributed by atoms with Crippen molar-refractivity contribution >= 4 is 13.8 Å². The van der Waals surface area contributed by atoms with Crippen LogP contribution in [0.2, 0.25) is 0 Å². The lowest BCUT2D eigenvalue weighted by atomic mass is 10.0. The minimum Gasteiger partial charge on any atom is -0.457 e. The van der Waals surface area contributed by atoms with Crippen molar-refractivity contribution < 1.29 is 32.8 Å². The molecule has 0 spiro atoms. The molecule has 0 aliphatic carbocycles. The van der Waals surface area contributed by atoms with E-state index in [9.17, 15) is 14.3 Å². The molecule has 0 aliphatic rings. The van der Waals surface area contributed by atoms with Crippen LogP contribution in [0.5, 0.6) is 0 Å². The van der Waals surface area contributed by atoms with Crippen molar-refractivity contribution in [3.8, 4) is 0 Å². The third-order valence-corrected chi connectivity index (χ3v) is 14.8. The van der Waals surface area contributed by atoms with Gasteiger partial charge in [0.15, 0.2) is 0 Å². The van der Waals surface area contributed by atoms with Crippen molar-refractivity contribution in [2.45, 2.75) is 335 Å². The van der Waals surface area contributed by atoms with Crippen LogP contribution in [0.4, 0.5) is 0 Å². The number of ether oxygens (including phenoxy) is 2. The van der Waals surface area contributed by atoms with Gasteiger partial charge in [-0.3, -0.25) is 13.8 Å². The van der Waals surface area contributed by atoms with Crippen molar-refractivity contribution in [1.29, 1.82) is 0 Å². The third-order valence-electron chi connectivity index (χ3n) is 13.8. The van der Waals surface area contributed by atoms with Crippen LogP contribution in [-0.2, 0) is 27.9 Å². The maximum Gasteiger partial charge on any atom is 0.472 e. The molecular weight excluding hydrogens is 854 g/mol. The molecule has 0 saturated heterocycles. The summed E-state index contributed by atoms with van der Waals surface area (Å²) >= 11 is 0. The predicted molar refractivity (Wildman–Crippen MR) is 289 cm³/mol. The lowest BCUT2D eigenvalue weighted by Gasteiger charge is -2.20. The Labute approximate surface area is 418 Å². The highest BCUT2D eigenvalue weighted by molar-refractivity contribution is 7.47. The molecule has 2 unspecified atom stereocenters. The van der Waals surface area contributed by atoms with Gasteiger partial charge in [-0.1, -0.05) is 309 Å². The number of esters is 1. The van der Waals surface area contributed by atoms with E-state index in [2.05, 4.69) is 13.8 Å². The van der Waals surface area contributed by atoms with Crippen LogP contribution in [0.25, 0.3) is 0 Å². The molecule has 0 radical (unpaired) electrons. The van der Waals surface area contributed by atoms with Crippen molar-refractivity contribution in [1.82, 2.24) is 0 Å². The summed E-state index contributed by atoms with van der Waals surface area (Å²) in [7, 11) is -4.28. The van der Waals surface area contributed by atoms with Gasteiger partial charge in [-0.25, -0.2) is 4.57 Å². The van der Waals surface area contributed by atoms with Gasteiger partial charge in [-0.15, -0.1) is 0 Å². The van der Waals surface area contributed by atoms with E-state index in [0.717, 1.165) is 32.1 Å². The number of hydrogen-bond acceptors (Lipinski definition) is 7. The highest BCUT2D eigenvalue weighted by atomic mass is 31.2. The summed E-state index contributed by atoms with van der Waals surface area (Å²) in [6.45, 7) is 5.03. The van der Waals surface area contributed by atoms with Gasteiger partial charge in [-0.2, -0.15) is 0 Å². The second-order valence-corrected chi connectivity index (χ2v) is 22.0. The lowest BCUT2D eigenvalue weighted by molar-refractivity contribution is -0.154. The lowest BCUT2D eigenvalue weighted by Crippen LogP contribution is -2.28. The normalized spacial score (nSPS) is 13.1. The Hall–Kier alpha value is -0.500. The average Bonchev–Trinajstić information content (AvgIpc) is 3.32. The van der Waals surface area contributed by atoms with Gasteiger partial charge in [0.2, 0.25) is 0 Å². The molecule has 8 nitrogen and oxygen atoms in total. The summed E-state index contributed by atoms with van der Waals surface area (Å²) in [6.07, 6.45) is 64.5. The first-order valence-corrected chi connectivity index (χ1v) is 31.5. The first-order chi connectivity index (χ1) is 32.9. The summed E-state index contributed by atoms with van der Waals surface area (Å²) < 4.78 is 33.7. The Balaban J connectivity index is 3.79. The third kappa shape index (κ3) is 56.3. The summed E-state index contributed by atoms with van der Waals surface area (Å²) in [5, 5.41) is 0. The molecule has 0 aromatic rings. The van der Waals surface area contributed by atoms with E-state index in [0.29, 0.717) is 13.0 Å². The molecule has 0 bridgehead atoms. The molecule has 0 heterocycles. The maximum atomic E-state index is 12.7. The molecule has 0 aliphatic heterocycles. The van der Waals surface area contributed by atoms with Gasteiger partial charge in [0.25, 0.3) is 0 Å². The van der Waals surface area contributed by atoms with E-state index in [1.165, 1.54) is 276 Å². The summed E-state index contributed by atoms with van der Waals surface area (Å²) in [6, 6.07) is 0. The van der Waals surface area contributed by atoms with E-state index in [4.69, 9.17) is 24.3 Å². The second-order valence-electron chi connectivity index (χ2n) is 20.6. The van der Waals surface area contributed by atoms with Gasteiger partial charge in [0.1, 0.15) is 6.10 Å². The number of phosphoric ester groups is 1. The smallest absolute Gasteiger partial charge is 0.457 e.